The highest BCUT2D eigenvalue weighted by Crippen LogP contribution is 2.40. The van der Waals surface area contributed by atoms with E-state index >= 15 is 4.39 Å². The molecule has 8 heteroatoms. The first kappa shape index (κ1) is 19.1. The second-order valence-electron chi connectivity index (χ2n) is 7.07. The Morgan fingerprint density at radius 1 is 1.07 bits per heavy atom. The highest BCUT2D eigenvalue weighted by molar-refractivity contribution is 6.36. The highest BCUT2D eigenvalue weighted by Gasteiger charge is 2.37. The Morgan fingerprint density at radius 3 is 2.39 bits per heavy atom. The van der Waals surface area contributed by atoms with Crippen LogP contribution in [0.2, 0.25) is 5.02 Å². The highest BCUT2D eigenvalue weighted by atomic mass is 35.5. The molecule has 3 heterocycles. The number of hydrogen-bond donors (Lipinski definition) is 0. The Balaban J connectivity index is 1.57. The fraction of sp³-hybridized carbons (Fsp3) is 0.350. The van der Waals surface area contributed by atoms with Crippen LogP contribution in [0.4, 0.5) is 23.2 Å². The predicted molar refractivity (Wildman–Crippen MR) is 101 cm³/mol. The topological polar surface area (TPSA) is 20.5 Å². The lowest BCUT2D eigenvalue weighted by atomic mass is 9.86. The molecule has 1 aliphatic rings. The number of fused-ring (bicyclic) bond motifs is 1. The third-order valence-corrected chi connectivity index (χ3v) is 5.61. The Hall–Kier alpha value is -2.28. The first-order valence-corrected chi connectivity index (χ1v) is 9.35. The van der Waals surface area contributed by atoms with Crippen LogP contribution in [0.3, 0.4) is 0 Å². The molecule has 3 aromatic rings. The van der Waals surface area contributed by atoms with E-state index in [1.165, 1.54) is 10.6 Å². The molecule has 0 saturated carbocycles. The van der Waals surface area contributed by atoms with Crippen LogP contribution in [0.15, 0.2) is 48.8 Å². The number of imidazole rings is 1. The van der Waals surface area contributed by atoms with Gasteiger partial charge in [-0.2, -0.15) is 13.2 Å². The van der Waals surface area contributed by atoms with Crippen molar-refractivity contribution in [3.8, 4) is 0 Å². The van der Waals surface area contributed by atoms with Gasteiger partial charge in [0.25, 0.3) is 0 Å². The first-order chi connectivity index (χ1) is 13.3. The number of benzene rings is 1. The summed E-state index contributed by atoms with van der Waals surface area (Å²) in [6, 6.07) is 10.8. The molecule has 0 spiro atoms. The average molecular weight is 412 g/mol. The molecule has 0 atom stereocenters. The van der Waals surface area contributed by atoms with Gasteiger partial charge in [-0.1, -0.05) is 41.9 Å². The number of nitrogens with zero attached hydrogens (tertiary/aromatic N) is 3. The molecule has 2 aromatic heterocycles. The van der Waals surface area contributed by atoms with Crippen LogP contribution in [0, 0.1) is 0 Å². The standard InChI is InChI=1S/C20H18ClF4N3/c21-17-16(6-9-28-15(12-20(23,24)25)13-26-18(17)28)27-10-7-19(22,8-11-27)14-4-2-1-3-5-14/h1-6,9,13H,7-8,10-12H2. The Labute approximate surface area is 164 Å². The summed E-state index contributed by atoms with van der Waals surface area (Å²) in [5, 5.41) is 0.280. The van der Waals surface area contributed by atoms with Crippen molar-refractivity contribution in [2.75, 3.05) is 18.0 Å². The van der Waals surface area contributed by atoms with Crippen molar-refractivity contribution in [1.82, 2.24) is 9.38 Å². The number of halogens is 5. The Morgan fingerprint density at radius 2 is 1.75 bits per heavy atom. The lowest BCUT2D eigenvalue weighted by Gasteiger charge is -2.38. The van der Waals surface area contributed by atoms with Crippen LogP contribution >= 0.6 is 11.6 Å². The van der Waals surface area contributed by atoms with E-state index in [-0.39, 0.29) is 16.4 Å². The van der Waals surface area contributed by atoms with Crippen LogP contribution in [0.5, 0.6) is 0 Å². The van der Waals surface area contributed by atoms with Gasteiger partial charge in [0.15, 0.2) is 5.65 Å². The van der Waals surface area contributed by atoms with Gasteiger partial charge in [0.05, 0.1) is 17.8 Å². The van der Waals surface area contributed by atoms with E-state index in [1.807, 2.05) is 23.1 Å². The molecule has 1 fully saturated rings. The van der Waals surface area contributed by atoms with Gasteiger partial charge >= 0.3 is 6.18 Å². The van der Waals surface area contributed by atoms with Crippen LogP contribution < -0.4 is 4.90 Å². The molecule has 0 amide bonds. The summed E-state index contributed by atoms with van der Waals surface area (Å²) < 4.78 is 54.8. The van der Waals surface area contributed by atoms with Crippen molar-refractivity contribution in [3.63, 3.8) is 0 Å². The maximum absolute atomic E-state index is 15.3. The molecule has 0 aliphatic carbocycles. The summed E-state index contributed by atoms with van der Waals surface area (Å²) in [6.45, 7) is 0.912. The molecule has 1 saturated heterocycles. The molecule has 0 unspecified atom stereocenters. The number of pyridine rings is 1. The molecular weight excluding hydrogens is 394 g/mol. The molecular formula is C20H18ClF4N3. The molecule has 0 radical (unpaired) electrons. The molecule has 1 aliphatic heterocycles. The van der Waals surface area contributed by atoms with Crippen molar-refractivity contribution in [2.45, 2.75) is 31.1 Å². The van der Waals surface area contributed by atoms with Crippen molar-refractivity contribution in [2.24, 2.45) is 0 Å². The van der Waals surface area contributed by atoms with E-state index < -0.39 is 18.3 Å². The number of piperidine rings is 1. The van der Waals surface area contributed by atoms with Gasteiger partial charge in [-0.25, -0.2) is 9.37 Å². The number of hydrogen-bond acceptors (Lipinski definition) is 2. The van der Waals surface area contributed by atoms with Gasteiger partial charge < -0.3 is 9.30 Å². The summed E-state index contributed by atoms with van der Waals surface area (Å²) in [5.41, 5.74) is 0.247. The second kappa shape index (κ2) is 6.95. The van der Waals surface area contributed by atoms with E-state index in [9.17, 15) is 13.2 Å². The summed E-state index contributed by atoms with van der Waals surface area (Å²) in [7, 11) is 0. The van der Waals surface area contributed by atoms with Crippen molar-refractivity contribution >= 4 is 22.9 Å². The molecule has 0 N–H and O–H groups in total. The fourth-order valence-corrected chi connectivity index (χ4v) is 4.09. The maximum atomic E-state index is 15.3. The summed E-state index contributed by atoms with van der Waals surface area (Å²) in [4.78, 5) is 6.02. The zero-order valence-corrected chi connectivity index (χ0v) is 15.6. The van der Waals surface area contributed by atoms with E-state index in [0.717, 1.165) is 0 Å². The smallest absolute Gasteiger partial charge is 0.370 e. The van der Waals surface area contributed by atoms with Crippen LogP contribution in [0.1, 0.15) is 24.1 Å². The van der Waals surface area contributed by atoms with Gasteiger partial charge in [0.2, 0.25) is 0 Å². The molecule has 0 bridgehead atoms. The van der Waals surface area contributed by atoms with Crippen molar-refractivity contribution < 1.29 is 17.6 Å². The summed E-state index contributed by atoms with van der Waals surface area (Å²) >= 11 is 6.45. The SMILES string of the molecule is FC(F)(F)Cc1cnc2c(Cl)c(N3CCC(F)(c4ccccc4)CC3)ccn12. The number of anilines is 1. The van der Waals surface area contributed by atoms with Gasteiger partial charge in [0.1, 0.15) is 10.7 Å². The number of rotatable bonds is 3. The largest absolute Gasteiger partial charge is 0.394 e. The lowest BCUT2D eigenvalue weighted by molar-refractivity contribution is -0.127. The predicted octanol–water partition coefficient (Wildman–Crippen LogP) is 5.56. The zero-order valence-electron chi connectivity index (χ0n) is 14.9. The average Bonchev–Trinajstić information content (AvgIpc) is 3.06. The van der Waals surface area contributed by atoms with Crippen LogP contribution in [-0.2, 0) is 12.1 Å². The third kappa shape index (κ3) is 3.55. The quantitative estimate of drug-likeness (QED) is 0.526. The van der Waals surface area contributed by atoms with Gasteiger partial charge in [-0.15, -0.1) is 0 Å². The molecule has 1 aromatic carbocycles. The number of aromatic nitrogens is 2. The van der Waals surface area contributed by atoms with E-state index in [1.54, 1.807) is 24.4 Å². The summed E-state index contributed by atoms with van der Waals surface area (Å²) in [5.74, 6) is 0. The van der Waals surface area contributed by atoms with Crippen molar-refractivity contribution in [1.29, 1.82) is 0 Å². The minimum Gasteiger partial charge on any atom is -0.370 e. The lowest BCUT2D eigenvalue weighted by Crippen LogP contribution is -2.40. The van der Waals surface area contributed by atoms with E-state index in [0.29, 0.717) is 37.2 Å². The van der Waals surface area contributed by atoms with Gasteiger partial charge in [-0.05, 0) is 11.6 Å². The zero-order chi connectivity index (χ0) is 19.9. The van der Waals surface area contributed by atoms with Crippen LogP contribution in [-0.4, -0.2) is 28.7 Å². The van der Waals surface area contributed by atoms with Crippen molar-refractivity contribution in [3.05, 3.63) is 65.1 Å². The fourth-order valence-electron chi connectivity index (χ4n) is 3.77. The summed E-state index contributed by atoms with van der Waals surface area (Å²) in [6.07, 6.45) is -2.04. The molecule has 4 rings (SSSR count). The minimum absolute atomic E-state index is 0.0291. The minimum atomic E-state index is -4.32. The maximum Gasteiger partial charge on any atom is 0.394 e. The number of alkyl halides is 4. The normalized spacial score (nSPS) is 17.2. The van der Waals surface area contributed by atoms with Gasteiger partial charge in [-0.3, -0.25) is 0 Å². The first-order valence-electron chi connectivity index (χ1n) is 8.97. The Kier molecular flexibility index (Phi) is 4.73. The van der Waals surface area contributed by atoms with Crippen LogP contribution in [0.25, 0.3) is 5.65 Å². The Bertz CT molecular complexity index is 976. The van der Waals surface area contributed by atoms with E-state index in [4.69, 9.17) is 11.6 Å². The van der Waals surface area contributed by atoms with Gasteiger partial charge in [0, 0.05) is 38.3 Å². The molecule has 28 heavy (non-hydrogen) atoms. The molecule has 3 nitrogen and oxygen atoms in total. The van der Waals surface area contributed by atoms with E-state index in [2.05, 4.69) is 4.98 Å². The molecule has 148 valence electrons. The monoisotopic (exact) mass is 411 g/mol. The second-order valence-corrected chi connectivity index (χ2v) is 7.45. The third-order valence-electron chi connectivity index (χ3n) is 5.25.